The van der Waals surface area contributed by atoms with E-state index in [1.807, 2.05) is 0 Å². The molecule has 4 rings (SSSR count). The maximum atomic E-state index is 10.5. The molecule has 0 aliphatic heterocycles. The second kappa shape index (κ2) is 13.1. The maximum Gasteiger partial charge on any atom is 0.303 e. The Balaban J connectivity index is 1.04. The highest BCUT2D eigenvalue weighted by molar-refractivity contribution is 5.66. The van der Waals surface area contributed by atoms with Gasteiger partial charge in [0.25, 0.3) is 0 Å². The molecule has 30 heavy (non-hydrogen) atoms. The zero-order valence-corrected chi connectivity index (χ0v) is 19.9. The van der Waals surface area contributed by atoms with Gasteiger partial charge in [0.1, 0.15) is 0 Å². The van der Waals surface area contributed by atoms with Crippen LogP contribution in [0.2, 0.25) is 0 Å². The average Bonchev–Trinajstić information content (AvgIpc) is 2.69. The molecule has 2 nitrogen and oxygen atoms in total. The van der Waals surface area contributed by atoms with E-state index >= 15 is 0 Å². The van der Waals surface area contributed by atoms with Crippen LogP contribution in [-0.4, -0.2) is 11.1 Å². The lowest BCUT2D eigenvalue weighted by atomic mass is 9.48. The van der Waals surface area contributed by atoms with Gasteiger partial charge >= 0.3 is 5.97 Å². The molecule has 0 radical (unpaired) electrons. The summed E-state index contributed by atoms with van der Waals surface area (Å²) in [7, 11) is 0. The summed E-state index contributed by atoms with van der Waals surface area (Å²) in [4.78, 5) is 10.5. The zero-order chi connectivity index (χ0) is 21.1. The number of carbonyl (C=O) groups is 1. The van der Waals surface area contributed by atoms with Crippen LogP contribution in [0.3, 0.4) is 0 Å². The van der Waals surface area contributed by atoms with Gasteiger partial charge in [0, 0.05) is 6.42 Å². The SMILES string of the molecule is O=C(O)CCCCCCCCCCCCCCCCCC12CC3CC(CC(C3)C1)C2. The van der Waals surface area contributed by atoms with Crippen LogP contribution in [-0.2, 0) is 4.79 Å². The zero-order valence-electron chi connectivity index (χ0n) is 19.9. The Morgan fingerprint density at radius 1 is 0.567 bits per heavy atom. The first-order chi connectivity index (χ1) is 14.7. The standard InChI is InChI=1S/C28H50O2/c29-27(30)16-14-12-10-8-6-4-2-1-3-5-7-9-11-13-15-17-28-21-24-18-25(22-28)20-26(19-24)23-28/h24-26H,1-23H2,(H,29,30). The van der Waals surface area contributed by atoms with Gasteiger partial charge in [0.2, 0.25) is 0 Å². The summed E-state index contributed by atoms with van der Waals surface area (Å²) in [5.74, 6) is 2.73. The molecular formula is C28H50O2. The van der Waals surface area contributed by atoms with Crippen molar-refractivity contribution >= 4 is 5.97 Å². The van der Waals surface area contributed by atoms with Crippen LogP contribution >= 0.6 is 0 Å². The van der Waals surface area contributed by atoms with Crippen molar-refractivity contribution in [3.05, 3.63) is 0 Å². The molecule has 174 valence electrons. The third-order valence-corrected chi connectivity index (χ3v) is 8.76. The summed E-state index contributed by atoms with van der Waals surface area (Å²) < 4.78 is 0. The molecule has 4 aliphatic rings. The number of carboxylic acids is 1. The van der Waals surface area contributed by atoms with Gasteiger partial charge in [-0.3, -0.25) is 4.79 Å². The van der Waals surface area contributed by atoms with E-state index < -0.39 is 5.97 Å². The van der Waals surface area contributed by atoms with Gasteiger partial charge in [-0.1, -0.05) is 89.9 Å². The molecule has 4 bridgehead atoms. The van der Waals surface area contributed by atoms with Crippen LogP contribution in [0.1, 0.15) is 148 Å². The quantitative estimate of drug-likeness (QED) is 0.226. The van der Waals surface area contributed by atoms with Crippen molar-refractivity contribution in [1.82, 2.24) is 0 Å². The van der Waals surface area contributed by atoms with Crippen LogP contribution in [0.25, 0.3) is 0 Å². The van der Waals surface area contributed by atoms with Gasteiger partial charge in [-0.25, -0.2) is 0 Å². The molecule has 0 heterocycles. The van der Waals surface area contributed by atoms with Gasteiger partial charge < -0.3 is 5.11 Å². The third kappa shape index (κ3) is 8.54. The molecule has 0 aromatic heterocycles. The van der Waals surface area contributed by atoms with Crippen molar-refractivity contribution in [3.63, 3.8) is 0 Å². The number of rotatable bonds is 18. The minimum atomic E-state index is -0.646. The normalized spacial score (nSPS) is 29.5. The smallest absolute Gasteiger partial charge is 0.303 e. The second-order valence-corrected chi connectivity index (χ2v) is 11.6. The third-order valence-electron chi connectivity index (χ3n) is 8.76. The molecule has 4 aliphatic carbocycles. The molecular weight excluding hydrogens is 368 g/mol. The Morgan fingerprint density at radius 2 is 0.900 bits per heavy atom. The van der Waals surface area contributed by atoms with Crippen molar-refractivity contribution in [2.75, 3.05) is 0 Å². The molecule has 0 unspecified atom stereocenters. The number of aliphatic carboxylic acids is 1. The van der Waals surface area contributed by atoms with Crippen LogP contribution in [0, 0.1) is 23.2 Å². The predicted molar refractivity (Wildman–Crippen MR) is 127 cm³/mol. The fourth-order valence-corrected chi connectivity index (χ4v) is 7.67. The Morgan fingerprint density at radius 3 is 1.27 bits per heavy atom. The van der Waals surface area contributed by atoms with E-state index in [0.717, 1.165) is 36.0 Å². The van der Waals surface area contributed by atoms with E-state index in [9.17, 15) is 4.79 Å². The van der Waals surface area contributed by atoms with E-state index in [-0.39, 0.29) is 0 Å². The van der Waals surface area contributed by atoms with Gasteiger partial charge in [-0.15, -0.1) is 0 Å². The Bertz CT molecular complexity index is 448. The summed E-state index contributed by atoms with van der Waals surface area (Å²) in [5.41, 5.74) is 0.813. The summed E-state index contributed by atoms with van der Waals surface area (Å²) in [6.45, 7) is 0. The summed E-state index contributed by atoms with van der Waals surface area (Å²) in [6.07, 6.45) is 31.8. The molecule has 0 aromatic rings. The molecule has 4 saturated carbocycles. The highest BCUT2D eigenvalue weighted by atomic mass is 16.4. The lowest BCUT2D eigenvalue weighted by Gasteiger charge is -2.57. The van der Waals surface area contributed by atoms with Gasteiger partial charge in [-0.2, -0.15) is 0 Å². The molecule has 0 aromatic carbocycles. The van der Waals surface area contributed by atoms with Gasteiger partial charge in [0.15, 0.2) is 0 Å². The fraction of sp³-hybridized carbons (Fsp3) is 0.964. The lowest BCUT2D eigenvalue weighted by molar-refractivity contribution is -0.137. The fourth-order valence-electron chi connectivity index (χ4n) is 7.67. The molecule has 4 fully saturated rings. The van der Waals surface area contributed by atoms with Crippen molar-refractivity contribution in [3.8, 4) is 0 Å². The molecule has 0 saturated heterocycles. The van der Waals surface area contributed by atoms with Crippen LogP contribution in [0.5, 0.6) is 0 Å². The molecule has 0 spiro atoms. The minimum Gasteiger partial charge on any atom is -0.481 e. The second-order valence-electron chi connectivity index (χ2n) is 11.6. The number of carboxylic acid groups (broad SMARTS) is 1. The molecule has 2 heteroatoms. The monoisotopic (exact) mass is 418 g/mol. The maximum absolute atomic E-state index is 10.5. The number of unbranched alkanes of at least 4 members (excludes halogenated alkanes) is 14. The van der Waals surface area contributed by atoms with Crippen LogP contribution < -0.4 is 0 Å². The topological polar surface area (TPSA) is 37.3 Å². The first-order valence-electron chi connectivity index (χ1n) is 13.9. The van der Waals surface area contributed by atoms with Crippen molar-refractivity contribution in [2.45, 2.75) is 148 Å². The van der Waals surface area contributed by atoms with Gasteiger partial charge in [-0.05, 0) is 74.5 Å². The Kier molecular flexibility index (Phi) is 10.5. The number of hydrogen-bond acceptors (Lipinski definition) is 1. The van der Waals surface area contributed by atoms with E-state index in [0.29, 0.717) is 6.42 Å². The Labute approximate surface area is 187 Å². The molecule has 0 atom stereocenters. The molecule has 0 amide bonds. The molecule has 1 N–H and O–H groups in total. The highest BCUT2D eigenvalue weighted by Crippen LogP contribution is 2.61. The van der Waals surface area contributed by atoms with Crippen LogP contribution in [0.4, 0.5) is 0 Å². The van der Waals surface area contributed by atoms with Crippen LogP contribution in [0.15, 0.2) is 0 Å². The first-order valence-corrected chi connectivity index (χ1v) is 13.9. The van der Waals surface area contributed by atoms with E-state index in [1.165, 1.54) is 83.5 Å². The van der Waals surface area contributed by atoms with E-state index in [4.69, 9.17) is 5.11 Å². The van der Waals surface area contributed by atoms with Crippen molar-refractivity contribution in [1.29, 1.82) is 0 Å². The summed E-state index contributed by atoms with van der Waals surface area (Å²) in [6, 6.07) is 0. The van der Waals surface area contributed by atoms with Crippen molar-refractivity contribution < 1.29 is 9.90 Å². The summed E-state index contributed by atoms with van der Waals surface area (Å²) >= 11 is 0. The van der Waals surface area contributed by atoms with E-state index in [2.05, 4.69) is 0 Å². The first kappa shape index (κ1) is 24.1. The van der Waals surface area contributed by atoms with Gasteiger partial charge in [0.05, 0.1) is 0 Å². The lowest BCUT2D eigenvalue weighted by Crippen LogP contribution is -2.45. The predicted octanol–water partition coefficient (Wildman–Crippen LogP) is 8.92. The minimum absolute atomic E-state index is 0.349. The average molecular weight is 419 g/mol. The highest BCUT2D eigenvalue weighted by Gasteiger charge is 2.50. The van der Waals surface area contributed by atoms with Crippen molar-refractivity contribution in [2.24, 2.45) is 23.2 Å². The number of hydrogen-bond donors (Lipinski definition) is 1. The largest absolute Gasteiger partial charge is 0.481 e. The van der Waals surface area contributed by atoms with E-state index in [1.54, 1.807) is 44.9 Å². The summed E-state index contributed by atoms with van der Waals surface area (Å²) in [5, 5.41) is 8.62. The Hall–Kier alpha value is -0.530.